The molecule has 0 atom stereocenters. The Balaban J connectivity index is 1.63. The maximum absolute atomic E-state index is 13.4. The minimum atomic E-state index is -0.679. The van der Waals surface area contributed by atoms with Crippen LogP contribution in [0.5, 0.6) is 5.88 Å². The monoisotopic (exact) mass is 505 g/mol. The Bertz CT molecular complexity index is 1520. The first-order valence-electron chi connectivity index (χ1n) is 11.2. The van der Waals surface area contributed by atoms with Crippen molar-refractivity contribution in [3.8, 4) is 5.88 Å². The molecule has 0 unspecified atom stereocenters. The highest BCUT2D eigenvalue weighted by molar-refractivity contribution is 6.34. The number of hydrogen-bond acceptors (Lipinski definition) is 6. The molecule has 0 saturated carbocycles. The van der Waals surface area contributed by atoms with E-state index in [4.69, 9.17) is 22.1 Å². The molecule has 0 saturated heterocycles. The van der Waals surface area contributed by atoms with Gasteiger partial charge < -0.3 is 25.7 Å². The molecule has 2 aromatic heterocycles. The van der Waals surface area contributed by atoms with Gasteiger partial charge in [-0.1, -0.05) is 24.6 Å². The smallest absolute Gasteiger partial charge is 0.262 e. The first-order chi connectivity index (χ1) is 17.3. The molecule has 0 radical (unpaired) electrons. The molecule has 184 valence electrons. The van der Waals surface area contributed by atoms with Crippen LogP contribution in [0.25, 0.3) is 11.0 Å². The Labute approximate surface area is 211 Å². The first kappa shape index (κ1) is 24.7. The number of amides is 2. The summed E-state index contributed by atoms with van der Waals surface area (Å²) in [4.78, 5) is 47.3. The fourth-order valence-electron chi connectivity index (χ4n) is 3.71. The standard InChI is InChI=1S/C26H24ClN5O4/c1-3-11-32(18-6-4-5-17(28)14-18)26(35)16-7-9-20(27)21(13-16)29-24(33)19-12-15-8-10-22(36-2)30-23(15)31-25(19)34/h4-10,12-14H,3,11,28H2,1-2H3,(H,29,33)(H,30,31,34). The number of nitrogen functional groups attached to an aromatic ring is 1. The molecule has 0 fully saturated rings. The third-order valence-electron chi connectivity index (χ3n) is 5.47. The summed E-state index contributed by atoms with van der Waals surface area (Å²) in [6.45, 7) is 2.44. The number of fused-ring (bicyclic) bond motifs is 1. The third-order valence-corrected chi connectivity index (χ3v) is 5.80. The van der Waals surface area contributed by atoms with Gasteiger partial charge in [0.25, 0.3) is 17.4 Å². The molecule has 0 bridgehead atoms. The highest BCUT2D eigenvalue weighted by Crippen LogP contribution is 2.27. The lowest BCUT2D eigenvalue weighted by Gasteiger charge is -2.23. The summed E-state index contributed by atoms with van der Waals surface area (Å²) >= 11 is 6.31. The number of H-pyrrole nitrogens is 1. The average Bonchev–Trinajstić information content (AvgIpc) is 2.87. The summed E-state index contributed by atoms with van der Waals surface area (Å²) in [5.74, 6) is -0.626. The van der Waals surface area contributed by atoms with Gasteiger partial charge in [0, 0.05) is 34.9 Å². The SMILES string of the molecule is CCCN(C(=O)c1ccc(Cl)c(NC(=O)c2cc3ccc(OC)nc3[nH]c2=O)c1)c1cccc(N)c1. The van der Waals surface area contributed by atoms with Crippen molar-refractivity contribution >= 4 is 51.5 Å². The van der Waals surface area contributed by atoms with Crippen LogP contribution in [0.2, 0.25) is 5.02 Å². The van der Waals surface area contributed by atoms with Crippen LogP contribution >= 0.6 is 11.6 Å². The van der Waals surface area contributed by atoms with Gasteiger partial charge in [-0.3, -0.25) is 14.4 Å². The van der Waals surface area contributed by atoms with Gasteiger partial charge in [-0.15, -0.1) is 0 Å². The van der Waals surface area contributed by atoms with Crippen LogP contribution < -0.4 is 26.2 Å². The lowest BCUT2D eigenvalue weighted by atomic mass is 10.1. The number of rotatable bonds is 7. The van der Waals surface area contributed by atoms with Gasteiger partial charge in [0.05, 0.1) is 17.8 Å². The van der Waals surface area contributed by atoms with E-state index < -0.39 is 11.5 Å². The number of nitrogens with two attached hydrogens (primary N) is 1. The van der Waals surface area contributed by atoms with E-state index in [1.165, 1.54) is 25.3 Å². The van der Waals surface area contributed by atoms with Crippen molar-refractivity contribution in [2.75, 3.05) is 29.6 Å². The van der Waals surface area contributed by atoms with Crippen molar-refractivity contribution in [1.82, 2.24) is 9.97 Å². The number of halogens is 1. The number of aromatic amines is 1. The number of anilines is 3. The number of nitrogens with one attached hydrogen (secondary N) is 2. The summed E-state index contributed by atoms with van der Waals surface area (Å²) in [6.07, 6.45) is 0.725. The summed E-state index contributed by atoms with van der Waals surface area (Å²) < 4.78 is 5.06. The quantitative estimate of drug-likeness (QED) is 0.317. The van der Waals surface area contributed by atoms with Crippen LogP contribution in [-0.4, -0.2) is 35.4 Å². The summed E-state index contributed by atoms with van der Waals surface area (Å²) in [7, 11) is 1.47. The predicted molar refractivity (Wildman–Crippen MR) is 141 cm³/mol. The predicted octanol–water partition coefficient (Wildman–Crippen LogP) is 4.48. The number of methoxy groups -OCH3 is 1. The van der Waals surface area contributed by atoms with E-state index in [9.17, 15) is 14.4 Å². The second-order valence-electron chi connectivity index (χ2n) is 8.00. The van der Waals surface area contributed by atoms with Crippen molar-refractivity contribution in [2.24, 2.45) is 0 Å². The Morgan fingerprint density at radius 2 is 1.94 bits per heavy atom. The maximum Gasteiger partial charge on any atom is 0.262 e. The molecule has 0 spiro atoms. The zero-order valence-corrected chi connectivity index (χ0v) is 20.4. The number of carbonyl (C=O) groups is 2. The molecule has 4 N–H and O–H groups in total. The second kappa shape index (κ2) is 10.5. The molecule has 36 heavy (non-hydrogen) atoms. The molecule has 2 aromatic carbocycles. The summed E-state index contributed by atoms with van der Waals surface area (Å²) in [5.41, 5.74) is 7.16. The molecular formula is C26H24ClN5O4. The Kier molecular flexibility index (Phi) is 7.21. The van der Waals surface area contributed by atoms with Gasteiger partial charge in [0.2, 0.25) is 5.88 Å². The number of pyridine rings is 2. The molecule has 10 heteroatoms. The molecule has 2 heterocycles. The van der Waals surface area contributed by atoms with Gasteiger partial charge in [-0.25, -0.2) is 0 Å². The average molecular weight is 506 g/mol. The van der Waals surface area contributed by atoms with Crippen molar-refractivity contribution in [3.05, 3.63) is 87.2 Å². The summed E-state index contributed by atoms with van der Waals surface area (Å²) in [6, 6.07) is 16.4. The van der Waals surface area contributed by atoms with Crippen molar-refractivity contribution in [3.63, 3.8) is 0 Å². The van der Waals surface area contributed by atoms with E-state index >= 15 is 0 Å². The number of aromatic nitrogens is 2. The molecule has 9 nitrogen and oxygen atoms in total. The molecule has 0 aliphatic carbocycles. The van der Waals surface area contributed by atoms with E-state index in [1.807, 2.05) is 6.92 Å². The zero-order chi connectivity index (χ0) is 25.8. The number of nitrogens with zero attached hydrogens (tertiary/aromatic N) is 2. The van der Waals surface area contributed by atoms with Gasteiger partial charge >= 0.3 is 0 Å². The van der Waals surface area contributed by atoms with Crippen LogP contribution in [0.15, 0.2) is 65.5 Å². The van der Waals surface area contributed by atoms with Crippen LogP contribution in [0.4, 0.5) is 17.1 Å². The lowest BCUT2D eigenvalue weighted by molar-refractivity contribution is 0.0984. The summed E-state index contributed by atoms with van der Waals surface area (Å²) in [5, 5.41) is 3.41. The Hall–Kier alpha value is -4.37. The molecule has 2 amide bonds. The van der Waals surface area contributed by atoms with Crippen LogP contribution in [-0.2, 0) is 0 Å². The van der Waals surface area contributed by atoms with Gasteiger partial charge in [0.15, 0.2) is 0 Å². The van der Waals surface area contributed by atoms with Crippen LogP contribution in [0.1, 0.15) is 34.1 Å². The van der Waals surface area contributed by atoms with Crippen LogP contribution in [0, 0.1) is 0 Å². The topological polar surface area (TPSA) is 130 Å². The second-order valence-corrected chi connectivity index (χ2v) is 8.41. The van der Waals surface area contributed by atoms with E-state index in [2.05, 4.69) is 15.3 Å². The number of ether oxygens (including phenoxy) is 1. The van der Waals surface area contributed by atoms with Crippen molar-refractivity contribution in [1.29, 1.82) is 0 Å². The number of benzene rings is 2. The van der Waals surface area contributed by atoms with Gasteiger partial charge in [0.1, 0.15) is 11.2 Å². The molecule has 0 aliphatic rings. The van der Waals surface area contributed by atoms with Crippen molar-refractivity contribution in [2.45, 2.75) is 13.3 Å². The number of carbonyl (C=O) groups excluding carboxylic acids is 2. The van der Waals surface area contributed by atoms with Crippen LogP contribution in [0.3, 0.4) is 0 Å². The zero-order valence-electron chi connectivity index (χ0n) is 19.7. The lowest BCUT2D eigenvalue weighted by Crippen LogP contribution is -2.32. The Morgan fingerprint density at radius 3 is 2.67 bits per heavy atom. The van der Waals surface area contributed by atoms with E-state index in [1.54, 1.807) is 47.4 Å². The fraction of sp³-hybridized carbons (Fsp3) is 0.154. The van der Waals surface area contributed by atoms with E-state index in [-0.39, 0.29) is 22.2 Å². The molecule has 0 aliphatic heterocycles. The number of hydrogen-bond donors (Lipinski definition) is 3. The normalized spacial score (nSPS) is 10.8. The van der Waals surface area contributed by atoms with Gasteiger partial charge in [-0.05, 0) is 55.0 Å². The maximum atomic E-state index is 13.4. The molecular weight excluding hydrogens is 482 g/mol. The fourth-order valence-corrected chi connectivity index (χ4v) is 3.88. The van der Waals surface area contributed by atoms with Gasteiger partial charge in [-0.2, -0.15) is 4.98 Å². The molecule has 4 rings (SSSR count). The van der Waals surface area contributed by atoms with E-state index in [0.29, 0.717) is 40.4 Å². The highest BCUT2D eigenvalue weighted by atomic mass is 35.5. The highest BCUT2D eigenvalue weighted by Gasteiger charge is 2.20. The third kappa shape index (κ3) is 5.16. The van der Waals surface area contributed by atoms with E-state index in [0.717, 1.165) is 6.42 Å². The first-order valence-corrected chi connectivity index (χ1v) is 11.5. The Morgan fingerprint density at radius 1 is 1.14 bits per heavy atom. The minimum Gasteiger partial charge on any atom is -0.481 e. The molecule has 4 aromatic rings. The minimum absolute atomic E-state index is 0.130. The largest absolute Gasteiger partial charge is 0.481 e. The van der Waals surface area contributed by atoms with Crippen molar-refractivity contribution < 1.29 is 14.3 Å².